The highest BCUT2D eigenvalue weighted by molar-refractivity contribution is 5.76. The van der Waals surface area contributed by atoms with Gasteiger partial charge in [0.25, 0.3) is 0 Å². The second-order valence-corrected chi connectivity index (χ2v) is 4.94. The van der Waals surface area contributed by atoms with Crippen LogP contribution in [0.25, 0.3) is 0 Å². The molecule has 2 amide bonds. The van der Waals surface area contributed by atoms with E-state index < -0.39 is 5.97 Å². The number of carboxylic acids is 1. The van der Waals surface area contributed by atoms with Crippen LogP contribution in [0.5, 0.6) is 0 Å². The summed E-state index contributed by atoms with van der Waals surface area (Å²) in [5, 5.41) is 8.76. The molecule has 0 aromatic carbocycles. The summed E-state index contributed by atoms with van der Waals surface area (Å²) in [6.45, 7) is 5.23. The van der Waals surface area contributed by atoms with Gasteiger partial charge < -0.3 is 19.6 Å². The van der Waals surface area contributed by atoms with E-state index in [1.54, 1.807) is 16.9 Å². The second kappa shape index (κ2) is 7.33. The smallest absolute Gasteiger partial charge is 0.320 e. The lowest BCUT2D eigenvalue weighted by molar-refractivity contribution is -0.137. The Morgan fingerprint density at radius 3 is 2.47 bits per heavy atom. The van der Waals surface area contributed by atoms with E-state index in [9.17, 15) is 9.59 Å². The highest BCUT2D eigenvalue weighted by Crippen LogP contribution is 2.28. The van der Waals surface area contributed by atoms with Crippen LogP contribution in [0.2, 0.25) is 0 Å². The Bertz CT molecular complexity index is 318. The Morgan fingerprint density at radius 1 is 1.42 bits per heavy atom. The Kier molecular flexibility index (Phi) is 6.08. The number of urea groups is 1. The van der Waals surface area contributed by atoms with E-state index in [1.165, 1.54) is 0 Å². The lowest BCUT2D eigenvalue weighted by Gasteiger charge is -2.33. The quantitative estimate of drug-likeness (QED) is 0.725. The molecule has 1 aliphatic rings. The second-order valence-electron chi connectivity index (χ2n) is 4.94. The van der Waals surface area contributed by atoms with E-state index in [1.807, 2.05) is 13.8 Å². The number of nitrogens with zero attached hydrogens (tertiary/aromatic N) is 2. The standard InChI is InChI=1S/C13H24N2O4/c1-4-14(10(2)9-19-3)13(18)15(11-5-6-11)8-7-12(16)17/h10-11H,4-9H2,1-3H3,(H,16,17). The molecule has 1 unspecified atom stereocenters. The number of carbonyl (C=O) groups excluding carboxylic acids is 1. The minimum atomic E-state index is -0.869. The zero-order valence-corrected chi connectivity index (χ0v) is 12.0. The third-order valence-electron chi connectivity index (χ3n) is 3.33. The summed E-state index contributed by atoms with van der Waals surface area (Å²) in [6, 6.07) is 0.139. The third kappa shape index (κ3) is 4.70. The van der Waals surface area contributed by atoms with E-state index in [2.05, 4.69) is 0 Å². The minimum Gasteiger partial charge on any atom is -0.481 e. The number of methoxy groups -OCH3 is 1. The topological polar surface area (TPSA) is 70.1 Å². The van der Waals surface area contributed by atoms with Crippen LogP contribution in [-0.4, -0.2) is 65.8 Å². The Morgan fingerprint density at radius 2 is 2.05 bits per heavy atom. The molecular weight excluding hydrogens is 248 g/mol. The van der Waals surface area contributed by atoms with Gasteiger partial charge in [-0.2, -0.15) is 0 Å². The predicted octanol–water partition coefficient (Wildman–Crippen LogP) is 1.40. The first kappa shape index (κ1) is 15.8. The normalized spacial score (nSPS) is 15.9. The van der Waals surface area contributed by atoms with Crippen LogP contribution in [0.15, 0.2) is 0 Å². The average Bonchev–Trinajstić information content (AvgIpc) is 3.14. The number of hydrogen-bond donors (Lipinski definition) is 1. The summed E-state index contributed by atoms with van der Waals surface area (Å²) >= 11 is 0. The molecule has 6 heteroatoms. The van der Waals surface area contributed by atoms with Crippen molar-refractivity contribution in [1.82, 2.24) is 9.80 Å². The molecule has 0 aromatic rings. The van der Waals surface area contributed by atoms with Crippen molar-refractivity contribution in [2.45, 2.75) is 45.2 Å². The summed E-state index contributed by atoms with van der Waals surface area (Å²) in [7, 11) is 1.61. The van der Waals surface area contributed by atoms with Gasteiger partial charge in [0.1, 0.15) is 0 Å². The van der Waals surface area contributed by atoms with E-state index in [-0.39, 0.29) is 31.1 Å². The summed E-state index contributed by atoms with van der Waals surface area (Å²) < 4.78 is 5.08. The fourth-order valence-corrected chi connectivity index (χ4v) is 2.17. The molecule has 0 aromatic heterocycles. The number of carbonyl (C=O) groups is 2. The Hall–Kier alpha value is -1.30. The molecule has 0 saturated heterocycles. The van der Waals surface area contributed by atoms with Crippen LogP contribution >= 0.6 is 0 Å². The fraction of sp³-hybridized carbons (Fsp3) is 0.846. The summed E-state index contributed by atoms with van der Waals surface area (Å²) in [5.41, 5.74) is 0. The van der Waals surface area contributed by atoms with E-state index in [0.29, 0.717) is 13.2 Å². The van der Waals surface area contributed by atoms with Gasteiger partial charge in [-0.15, -0.1) is 0 Å². The van der Waals surface area contributed by atoms with Gasteiger partial charge in [-0.25, -0.2) is 4.79 Å². The largest absolute Gasteiger partial charge is 0.481 e. The molecule has 1 aliphatic carbocycles. The molecule has 0 heterocycles. The molecule has 0 bridgehead atoms. The van der Waals surface area contributed by atoms with Crippen molar-refractivity contribution < 1.29 is 19.4 Å². The van der Waals surface area contributed by atoms with Crippen molar-refractivity contribution in [3.8, 4) is 0 Å². The molecule has 6 nitrogen and oxygen atoms in total. The maximum atomic E-state index is 12.5. The Labute approximate surface area is 114 Å². The maximum absolute atomic E-state index is 12.5. The number of likely N-dealkylation sites (N-methyl/N-ethyl adjacent to an activating group) is 1. The van der Waals surface area contributed by atoms with E-state index in [0.717, 1.165) is 12.8 Å². The van der Waals surface area contributed by atoms with Gasteiger partial charge in [0.15, 0.2) is 0 Å². The summed E-state index contributed by atoms with van der Waals surface area (Å²) in [4.78, 5) is 26.6. The first-order chi connectivity index (χ1) is 9.01. The number of aliphatic carboxylic acids is 1. The summed E-state index contributed by atoms with van der Waals surface area (Å²) in [5.74, 6) is -0.869. The molecule has 1 fully saturated rings. The van der Waals surface area contributed by atoms with Crippen molar-refractivity contribution in [3.63, 3.8) is 0 Å². The van der Waals surface area contributed by atoms with Crippen molar-refractivity contribution in [2.24, 2.45) is 0 Å². The van der Waals surface area contributed by atoms with Gasteiger partial charge in [0.2, 0.25) is 0 Å². The van der Waals surface area contributed by atoms with Gasteiger partial charge in [-0.3, -0.25) is 4.79 Å². The number of carboxylic acid groups (broad SMARTS) is 1. The monoisotopic (exact) mass is 272 g/mol. The first-order valence-corrected chi connectivity index (χ1v) is 6.79. The zero-order valence-electron chi connectivity index (χ0n) is 12.0. The molecule has 1 saturated carbocycles. The third-order valence-corrected chi connectivity index (χ3v) is 3.33. The highest BCUT2D eigenvalue weighted by atomic mass is 16.5. The molecule has 1 rings (SSSR count). The number of ether oxygens (including phenoxy) is 1. The van der Waals surface area contributed by atoms with Crippen molar-refractivity contribution >= 4 is 12.0 Å². The first-order valence-electron chi connectivity index (χ1n) is 6.79. The molecule has 0 spiro atoms. The van der Waals surface area contributed by atoms with Gasteiger partial charge in [0.05, 0.1) is 19.1 Å². The van der Waals surface area contributed by atoms with Crippen LogP contribution < -0.4 is 0 Å². The minimum absolute atomic E-state index is 0.00153. The van der Waals surface area contributed by atoms with Gasteiger partial charge in [-0.05, 0) is 26.7 Å². The van der Waals surface area contributed by atoms with E-state index >= 15 is 0 Å². The zero-order chi connectivity index (χ0) is 14.4. The molecule has 19 heavy (non-hydrogen) atoms. The molecule has 0 radical (unpaired) electrons. The lowest BCUT2D eigenvalue weighted by atomic mass is 10.3. The molecular formula is C13H24N2O4. The highest BCUT2D eigenvalue weighted by Gasteiger charge is 2.35. The van der Waals surface area contributed by atoms with Gasteiger partial charge in [-0.1, -0.05) is 0 Å². The molecule has 110 valence electrons. The van der Waals surface area contributed by atoms with Gasteiger partial charge in [0, 0.05) is 26.2 Å². The van der Waals surface area contributed by atoms with E-state index in [4.69, 9.17) is 9.84 Å². The average molecular weight is 272 g/mol. The van der Waals surface area contributed by atoms with Crippen LogP contribution in [-0.2, 0) is 9.53 Å². The SMILES string of the molecule is CCN(C(=O)N(CCC(=O)O)C1CC1)C(C)COC. The number of amides is 2. The van der Waals surface area contributed by atoms with Crippen molar-refractivity contribution in [2.75, 3.05) is 26.8 Å². The number of rotatable bonds is 8. The van der Waals surface area contributed by atoms with Crippen LogP contribution in [0.4, 0.5) is 4.79 Å². The van der Waals surface area contributed by atoms with Crippen LogP contribution in [0, 0.1) is 0 Å². The predicted molar refractivity (Wildman–Crippen MR) is 71.1 cm³/mol. The maximum Gasteiger partial charge on any atom is 0.320 e. The van der Waals surface area contributed by atoms with Crippen molar-refractivity contribution in [1.29, 1.82) is 0 Å². The summed E-state index contributed by atoms with van der Waals surface area (Å²) in [6.07, 6.45) is 1.95. The van der Waals surface area contributed by atoms with Crippen LogP contribution in [0.1, 0.15) is 33.1 Å². The van der Waals surface area contributed by atoms with Crippen LogP contribution in [0.3, 0.4) is 0 Å². The van der Waals surface area contributed by atoms with Gasteiger partial charge >= 0.3 is 12.0 Å². The van der Waals surface area contributed by atoms with Crippen molar-refractivity contribution in [3.05, 3.63) is 0 Å². The fourth-order valence-electron chi connectivity index (χ4n) is 2.17. The molecule has 1 N–H and O–H groups in total. The molecule has 1 atom stereocenters. The Balaban J connectivity index is 2.65. The lowest BCUT2D eigenvalue weighted by Crippen LogP contribution is -2.49. The number of hydrogen-bond acceptors (Lipinski definition) is 3. The molecule has 0 aliphatic heterocycles.